The molecule has 102 valence electrons. The lowest BCUT2D eigenvalue weighted by atomic mass is 9.93. The van der Waals surface area contributed by atoms with Crippen molar-refractivity contribution in [1.29, 1.82) is 5.26 Å². The molecule has 0 spiro atoms. The number of nitriles is 1. The molecule has 0 aliphatic rings. The summed E-state index contributed by atoms with van der Waals surface area (Å²) >= 11 is 1.23. The number of nitrogens with zero attached hydrogens (tertiary/aromatic N) is 1. The molecule has 0 fully saturated rings. The SMILES string of the molecule is CCc1ccsc1C(=O)C(C#N)c1ccc(F)cc1F. The first kappa shape index (κ1) is 14.4. The van der Waals surface area contributed by atoms with Crippen LogP contribution in [0.3, 0.4) is 0 Å². The van der Waals surface area contributed by atoms with E-state index in [0.29, 0.717) is 17.4 Å². The van der Waals surface area contributed by atoms with Crippen LogP contribution in [0.4, 0.5) is 8.78 Å². The van der Waals surface area contributed by atoms with Gasteiger partial charge in [-0.25, -0.2) is 8.78 Å². The molecule has 1 atom stereocenters. The van der Waals surface area contributed by atoms with Gasteiger partial charge in [-0.2, -0.15) is 5.26 Å². The lowest BCUT2D eigenvalue weighted by Crippen LogP contribution is -2.13. The fourth-order valence-electron chi connectivity index (χ4n) is 1.97. The molecule has 0 aliphatic heterocycles. The largest absolute Gasteiger partial charge is 0.291 e. The van der Waals surface area contributed by atoms with Crippen LogP contribution in [0.1, 0.15) is 33.6 Å². The Morgan fingerprint density at radius 1 is 1.40 bits per heavy atom. The number of thiophene rings is 1. The molecular weight excluding hydrogens is 280 g/mol. The number of carbonyl (C=O) groups excluding carboxylic acids is 1. The minimum absolute atomic E-state index is 0.0886. The average Bonchev–Trinajstić information content (AvgIpc) is 2.90. The van der Waals surface area contributed by atoms with Gasteiger partial charge in [0.05, 0.1) is 10.9 Å². The van der Waals surface area contributed by atoms with Gasteiger partial charge in [-0.15, -0.1) is 11.3 Å². The van der Waals surface area contributed by atoms with E-state index in [-0.39, 0.29) is 5.56 Å². The summed E-state index contributed by atoms with van der Waals surface area (Å²) < 4.78 is 26.6. The zero-order valence-electron chi connectivity index (χ0n) is 10.7. The lowest BCUT2D eigenvalue weighted by Gasteiger charge is -2.09. The van der Waals surface area contributed by atoms with Crippen molar-refractivity contribution >= 4 is 17.1 Å². The summed E-state index contributed by atoms with van der Waals surface area (Å²) in [6.07, 6.45) is 0.661. The fraction of sp³-hybridized carbons (Fsp3) is 0.200. The smallest absolute Gasteiger partial charge is 0.194 e. The molecular formula is C15H11F2NOS. The Balaban J connectivity index is 2.43. The highest BCUT2D eigenvalue weighted by Crippen LogP contribution is 2.28. The second kappa shape index (κ2) is 5.93. The van der Waals surface area contributed by atoms with Crippen molar-refractivity contribution in [2.24, 2.45) is 0 Å². The van der Waals surface area contributed by atoms with E-state index in [1.165, 1.54) is 11.3 Å². The average molecular weight is 291 g/mol. The minimum Gasteiger partial charge on any atom is -0.291 e. The zero-order chi connectivity index (χ0) is 14.7. The van der Waals surface area contributed by atoms with Gasteiger partial charge in [-0.1, -0.05) is 13.0 Å². The van der Waals surface area contributed by atoms with Gasteiger partial charge in [-0.3, -0.25) is 4.79 Å². The number of benzene rings is 1. The summed E-state index contributed by atoms with van der Waals surface area (Å²) in [5.74, 6) is -3.30. The summed E-state index contributed by atoms with van der Waals surface area (Å²) in [6.45, 7) is 1.90. The van der Waals surface area contributed by atoms with Crippen molar-refractivity contribution in [3.8, 4) is 6.07 Å². The Labute approximate surface area is 119 Å². The topological polar surface area (TPSA) is 40.9 Å². The minimum atomic E-state index is -1.25. The van der Waals surface area contributed by atoms with E-state index < -0.39 is 23.3 Å². The molecule has 0 bridgehead atoms. The van der Waals surface area contributed by atoms with Crippen LogP contribution in [-0.2, 0) is 6.42 Å². The molecule has 1 aromatic heterocycles. The molecule has 20 heavy (non-hydrogen) atoms. The highest BCUT2D eigenvalue weighted by atomic mass is 32.1. The van der Waals surface area contributed by atoms with Crippen LogP contribution in [0.2, 0.25) is 0 Å². The second-order valence-electron chi connectivity index (χ2n) is 4.22. The van der Waals surface area contributed by atoms with Crippen molar-refractivity contribution in [2.45, 2.75) is 19.3 Å². The van der Waals surface area contributed by atoms with Crippen molar-refractivity contribution in [3.05, 3.63) is 57.3 Å². The number of Topliss-reactive ketones (excluding diaryl/α,β-unsaturated/α-hetero) is 1. The summed E-state index contributed by atoms with van der Waals surface area (Å²) in [6, 6.07) is 6.50. The molecule has 2 aromatic rings. The molecule has 2 rings (SSSR count). The van der Waals surface area contributed by atoms with Gasteiger partial charge in [-0.05, 0) is 29.5 Å². The molecule has 0 N–H and O–H groups in total. The maximum absolute atomic E-state index is 13.7. The molecule has 2 nitrogen and oxygen atoms in total. The van der Waals surface area contributed by atoms with E-state index in [1.807, 2.05) is 19.1 Å². The monoisotopic (exact) mass is 291 g/mol. The first-order valence-electron chi connectivity index (χ1n) is 6.03. The van der Waals surface area contributed by atoms with Crippen LogP contribution in [0.25, 0.3) is 0 Å². The Bertz CT molecular complexity index is 687. The van der Waals surface area contributed by atoms with Gasteiger partial charge in [0.1, 0.15) is 17.6 Å². The molecule has 1 heterocycles. The summed E-state index contributed by atoms with van der Waals surface area (Å²) in [7, 11) is 0. The Morgan fingerprint density at radius 2 is 2.15 bits per heavy atom. The number of carbonyl (C=O) groups is 1. The molecule has 0 saturated heterocycles. The van der Waals surface area contributed by atoms with Crippen molar-refractivity contribution < 1.29 is 13.6 Å². The number of hydrogen-bond donors (Lipinski definition) is 0. The Kier molecular flexibility index (Phi) is 4.26. The molecule has 1 unspecified atom stereocenters. The quantitative estimate of drug-likeness (QED) is 0.796. The summed E-state index contributed by atoms with van der Waals surface area (Å²) in [5, 5.41) is 10.9. The molecule has 0 saturated carbocycles. The zero-order valence-corrected chi connectivity index (χ0v) is 11.5. The molecule has 0 radical (unpaired) electrons. The van der Waals surface area contributed by atoms with Crippen LogP contribution in [0.15, 0.2) is 29.6 Å². The van der Waals surface area contributed by atoms with Crippen LogP contribution < -0.4 is 0 Å². The first-order valence-corrected chi connectivity index (χ1v) is 6.91. The number of aryl methyl sites for hydroxylation is 1. The van der Waals surface area contributed by atoms with E-state index in [0.717, 1.165) is 17.7 Å². The predicted molar refractivity (Wildman–Crippen MR) is 72.7 cm³/mol. The second-order valence-corrected chi connectivity index (χ2v) is 5.14. The third kappa shape index (κ3) is 2.61. The van der Waals surface area contributed by atoms with Gasteiger partial charge >= 0.3 is 0 Å². The van der Waals surface area contributed by atoms with Crippen LogP contribution in [0.5, 0.6) is 0 Å². The molecule has 0 aliphatic carbocycles. The number of ketones is 1. The Morgan fingerprint density at radius 3 is 2.75 bits per heavy atom. The Hall–Kier alpha value is -2.06. The van der Waals surface area contributed by atoms with Gasteiger partial charge in [0.25, 0.3) is 0 Å². The van der Waals surface area contributed by atoms with E-state index in [1.54, 1.807) is 5.38 Å². The van der Waals surface area contributed by atoms with E-state index >= 15 is 0 Å². The number of halogens is 2. The third-order valence-corrected chi connectivity index (χ3v) is 3.99. The predicted octanol–water partition coefficient (Wildman–Crippen LogP) is 4.08. The summed E-state index contributed by atoms with van der Waals surface area (Å²) in [5.41, 5.74) is 0.747. The number of hydrogen-bond acceptors (Lipinski definition) is 3. The van der Waals surface area contributed by atoms with Crippen molar-refractivity contribution in [3.63, 3.8) is 0 Å². The highest BCUT2D eigenvalue weighted by Gasteiger charge is 2.27. The third-order valence-electron chi connectivity index (χ3n) is 3.02. The van der Waals surface area contributed by atoms with Crippen LogP contribution >= 0.6 is 11.3 Å². The van der Waals surface area contributed by atoms with E-state index in [4.69, 9.17) is 0 Å². The van der Waals surface area contributed by atoms with Gasteiger partial charge in [0.2, 0.25) is 0 Å². The normalized spacial score (nSPS) is 11.9. The molecule has 1 aromatic carbocycles. The maximum atomic E-state index is 13.7. The standard InChI is InChI=1S/C15H11F2NOS/c1-2-9-5-6-20-15(9)14(19)12(8-18)11-4-3-10(16)7-13(11)17/h3-7,12H,2H2,1H3. The fourth-order valence-corrected chi connectivity index (χ4v) is 2.93. The van der Waals surface area contributed by atoms with Crippen LogP contribution in [0, 0.1) is 23.0 Å². The summed E-state index contributed by atoms with van der Waals surface area (Å²) in [4.78, 5) is 12.8. The maximum Gasteiger partial charge on any atom is 0.194 e. The molecule has 0 amide bonds. The number of rotatable bonds is 4. The van der Waals surface area contributed by atoms with Gasteiger partial charge < -0.3 is 0 Å². The van der Waals surface area contributed by atoms with Crippen molar-refractivity contribution in [1.82, 2.24) is 0 Å². The molecule has 5 heteroatoms. The van der Waals surface area contributed by atoms with E-state index in [2.05, 4.69) is 0 Å². The highest BCUT2D eigenvalue weighted by molar-refractivity contribution is 7.12. The first-order chi connectivity index (χ1) is 9.58. The van der Waals surface area contributed by atoms with Crippen LogP contribution in [-0.4, -0.2) is 5.78 Å². The van der Waals surface area contributed by atoms with Gasteiger partial charge in [0.15, 0.2) is 5.78 Å². The lowest BCUT2D eigenvalue weighted by molar-refractivity contribution is 0.0980. The van der Waals surface area contributed by atoms with Crippen molar-refractivity contribution in [2.75, 3.05) is 0 Å². The van der Waals surface area contributed by atoms with Gasteiger partial charge in [0, 0.05) is 11.6 Å². The van der Waals surface area contributed by atoms with E-state index in [9.17, 15) is 18.8 Å².